The lowest BCUT2D eigenvalue weighted by atomic mass is 10.1. The molecular formula is C24H21FN2O2. The summed E-state index contributed by atoms with van der Waals surface area (Å²) in [7, 11) is 0. The van der Waals surface area contributed by atoms with Crippen molar-refractivity contribution in [3.8, 4) is 17.4 Å². The highest BCUT2D eigenvalue weighted by Crippen LogP contribution is 2.25. The topological polar surface area (TPSA) is 57.2 Å². The van der Waals surface area contributed by atoms with Gasteiger partial charge in [-0.15, -0.1) is 6.58 Å². The summed E-state index contributed by atoms with van der Waals surface area (Å²) >= 11 is 0. The van der Waals surface area contributed by atoms with Crippen LogP contribution in [0.3, 0.4) is 0 Å². The zero-order valence-corrected chi connectivity index (χ0v) is 16.0. The van der Waals surface area contributed by atoms with Gasteiger partial charge in [-0.05, 0) is 42.0 Å². The molecule has 0 saturated heterocycles. The molecule has 2 aromatic carbocycles. The number of rotatable bonds is 8. The van der Waals surface area contributed by atoms with Crippen LogP contribution in [-0.2, 0) is 17.8 Å². The van der Waals surface area contributed by atoms with E-state index in [-0.39, 0.29) is 18.1 Å². The first kappa shape index (κ1) is 20.1. The largest absolute Gasteiger partial charge is 0.461 e. The molecule has 0 atom stereocenters. The number of hydrogen-bond acceptors (Lipinski definition) is 3. The summed E-state index contributed by atoms with van der Waals surface area (Å²) in [6.45, 7) is 4.59. The molecule has 0 spiro atoms. The monoisotopic (exact) mass is 388 g/mol. The van der Waals surface area contributed by atoms with Crippen LogP contribution in [0.2, 0.25) is 0 Å². The highest BCUT2D eigenvalue weighted by atomic mass is 19.1. The van der Waals surface area contributed by atoms with Gasteiger partial charge in [-0.1, -0.05) is 30.3 Å². The second-order valence-electron chi connectivity index (χ2n) is 6.62. The first-order valence-electron chi connectivity index (χ1n) is 9.32. The maximum atomic E-state index is 13.9. The molecule has 0 fully saturated rings. The van der Waals surface area contributed by atoms with E-state index in [0.29, 0.717) is 42.2 Å². The van der Waals surface area contributed by atoms with Crippen molar-refractivity contribution < 1.29 is 13.6 Å². The van der Waals surface area contributed by atoms with Gasteiger partial charge in [0.15, 0.2) is 0 Å². The number of amides is 1. The van der Waals surface area contributed by atoms with Crippen molar-refractivity contribution in [2.45, 2.75) is 19.4 Å². The van der Waals surface area contributed by atoms with E-state index in [1.165, 1.54) is 6.07 Å². The summed E-state index contributed by atoms with van der Waals surface area (Å²) in [5, 5.41) is 8.89. The van der Waals surface area contributed by atoms with E-state index in [2.05, 4.69) is 12.6 Å². The molecule has 0 aliphatic rings. The van der Waals surface area contributed by atoms with Gasteiger partial charge in [-0.3, -0.25) is 4.79 Å². The van der Waals surface area contributed by atoms with Crippen molar-refractivity contribution in [3.63, 3.8) is 0 Å². The van der Waals surface area contributed by atoms with Gasteiger partial charge >= 0.3 is 0 Å². The lowest BCUT2D eigenvalue weighted by Gasteiger charge is -2.21. The van der Waals surface area contributed by atoms with Crippen LogP contribution in [0.4, 0.5) is 4.39 Å². The highest BCUT2D eigenvalue weighted by Gasteiger charge is 2.15. The Morgan fingerprint density at radius 1 is 1.14 bits per heavy atom. The summed E-state index contributed by atoms with van der Waals surface area (Å²) in [6.07, 6.45) is 2.38. The Morgan fingerprint density at radius 2 is 1.90 bits per heavy atom. The normalized spacial score (nSPS) is 10.3. The fourth-order valence-electron chi connectivity index (χ4n) is 3.02. The van der Waals surface area contributed by atoms with Gasteiger partial charge in [0, 0.05) is 25.9 Å². The van der Waals surface area contributed by atoms with E-state index < -0.39 is 0 Å². The van der Waals surface area contributed by atoms with Crippen LogP contribution in [0.1, 0.15) is 23.3 Å². The Morgan fingerprint density at radius 3 is 2.59 bits per heavy atom. The molecule has 0 bridgehead atoms. The molecule has 0 aliphatic carbocycles. The number of carbonyl (C=O) groups excluding carboxylic acids is 1. The van der Waals surface area contributed by atoms with E-state index >= 15 is 0 Å². The molecule has 5 heteroatoms. The van der Waals surface area contributed by atoms with Gasteiger partial charge in [0.25, 0.3) is 0 Å². The van der Waals surface area contributed by atoms with Crippen LogP contribution in [0, 0.1) is 17.1 Å². The summed E-state index contributed by atoms with van der Waals surface area (Å²) in [5.41, 5.74) is 1.93. The van der Waals surface area contributed by atoms with E-state index in [1.54, 1.807) is 53.4 Å². The number of halogens is 1. The van der Waals surface area contributed by atoms with Crippen LogP contribution in [0.5, 0.6) is 0 Å². The standard InChI is InChI=1S/C24H21FN2O2/c1-2-15-27(17-19-9-7-18(16-26)8-10-19)24(28)14-12-20-11-13-23(29-20)21-5-3-4-6-22(21)25/h2-11,13H,1,12,14-15,17H2. The Hall–Kier alpha value is -3.65. The second kappa shape index (κ2) is 9.52. The lowest BCUT2D eigenvalue weighted by Crippen LogP contribution is -2.30. The summed E-state index contributed by atoms with van der Waals surface area (Å²) in [4.78, 5) is 14.4. The predicted molar refractivity (Wildman–Crippen MR) is 109 cm³/mol. The highest BCUT2D eigenvalue weighted by molar-refractivity contribution is 5.76. The maximum Gasteiger partial charge on any atom is 0.223 e. The quantitative estimate of drug-likeness (QED) is 0.504. The van der Waals surface area contributed by atoms with E-state index in [4.69, 9.17) is 9.68 Å². The molecule has 4 nitrogen and oxygen atoms in total. The SMILES string of the molecule is C=CCN(Cc1ccc(C#N)cc1)C(=O)CCc1ccc(-c2ccccc2F)o1. The molecule has 0 radical (unpaired) electrons. The van der Waals surface area contributed by atoms with Crippen LogP contribution < -0.4 is 0 Å². The molecule has 3 rings (SSSR count). The number of nitriles is 1. The summed E-state index contributed by atoms with van der Waals surface area (Å²) in [5.74, 6) is 0.710. The minimum absolute atomic E-state index is 0.0295. The predicted octanol–water partition coefficient (Wildman–Crippen LogP) is 5.10. The van der Waals surface area contributed by atoms with Gasteiger partial charge in [0.2, 0.25) is 5.91 Å². The maximum absolute atomic E-state index is 13.9. The third-order valence-corrected chi connectivity index (χ3v) is 4.54. The molecule has 0 unspecified atom stereocenters. The third kappa shape index (κ3) is 5.20. The molecule has 0 aliphatic heterocycles. The summed E-state index contributed by atoms with van der Waals surface area (Å²) in [6, 6.07) is 19.1. The van der Waals surface area contributed by atoms with Crippen molar-refractivity contribution in [1.29, 1.82) is 5.26 Å². The van der Waals surface area contributed by atoms with E-state index in [9.17, 15) is 9.18 Å². The average molecular weight is 388 g/mol. The molecule has 3 aromatic rings. The van der Waals surface area contributed by atoms with Gasteiger partial charge in [0.05, 0.1) is 17.2 Å². The second-order valence-corrected chi connectivity index (χ2v) is 6.62. The molecule has 1 heterocycles. The minimum atomic E-state index is -0.343. The molecule has 1 aromatic heterocycles. The fourth-order valence-corrected chi connectivity index (χ4v) is 3.02. The van der Waals surface area contributed by atoms with Crippen molar-refractivity contribution in [1.82, 2.24) is 4.90 Å². The van der Waals surface area contributed by atoms with Crippen LogP contribution in [0.15, 0.2) is 77.7 Å². The first-order chi connectivity index (χ1) is 14.1. The number of aryl methyl sites for hydroxylation is 1. The molecular weight excluding hydrogens is 367 g/mol. The number of hydrogen-bond donors (Lipinski definition) is 0. The van der Waals surface area contributed by atoms with Crippen LogP contribution in [-0.4, -0.2) is 17.4 Å². The van der Waals surface area contributed by atoms with Crippen molar-refractivity contribution in [3.05, 3.63) is 96.0 Å². The number of nitrogens with zero attached hydrogens (tertiary/aromatic N) is 2. The van der Waals surface area contributed by atoms with E-state index in [1.807, 2.05) is 12.1 Å². The Labute approximate surface area is 169 Å². The minimum Gasteiger partial charge on any atom is -0.461 e. The van der Waals surface area contributed by atoms with Crippen molar-refractivity contribution in [2.24, 2.45) is 0 Å². The number of furan rings is 1. The smallest absolute Gasteiger partial charge is 0.223 e. The fraction of sp³-hybridized carbons (Fsp3) is 0.167. The number of benzene rings is 2. The molecule has 29 heavy (non-hydrogen) atoms. The molecule has 146 valence electrons. The third-order valence-electron chi connectivity index (χ3n) is 4.54. The van der Waals surface area contributed by atoms with Crippen LogP contribution >= 0.6 is 0 Å². The lowest BCUT2D eigenvalue weighted by molar-refractivity contribution is -0.131. The Bertz CT molecular complexity index is 1030. The zero-order valence-electron chi connectivity index (χ0n) is 16.0. The summed E-state index contributed by atoms with van der Waals surface area (Å²) < 4.78 is 19.6. The van der Waals surface area contributed by atoms with Crippen LogP contribution in [0.25, 0.3) is 11.3 Å². The van der Waals surface area contributed by atoms with E-state index in [0.717, 1.165) is 5.56 Å². The van der Waals surface area contributed by atoms with Crippen molar-refractivity contribution >= 4 is 5.91 Å². The van der Waals surface area contributed by atoms with Gasteiger partial charge in [-0.2, -0.15) is 5.26 Å². The molecule has 1 amide bonds. The van der Waals surface area contributed by atoms with Gasteiger partial charge in [0.1, 0.15) is 17.3 Å². The zero-order chi connectivity index (χ0) is 20.6. The van der Waals surface area contributed by atoms with Gasteiger partial charge in [-0.25, -0.2) is 4.39 Å². The molecule has 0 saturated carbocycles. The Kier molecular flexibility index (Phi) is 6.59. The molecule has 0 N–H and O–H groups in total. The first-order valence-corrected chi connectivity index (χ1v) is 9.32. The Balaban J connectivity index is 1.62. The number of carbonyl (C=O) groups is 1. The average Bonchev–Trinajstić information content (AvgIpc) is 3.21. The van der Waals surface area contributed by atoms with Crippen molar-refractivity contribution in [2.75, 3.05) is 6.54 Å². The van der Waals surface area contributed by atoms with Gasteiger partial charge < -0.3 is 9.32 Å².